The fourth-order valence-electron chi connectivity index (χ4n) is 2.35. The summed E-state index contributed by atoms with van der Waals surface area (Å²) in [6.45, 7) is 3.09. The number of H-pyrrole nitrogens is 1. The average Bonchev–Trinajstić information content (AvgIpc) is 3.05. The monoisotopic (exact) mass is 304 g/mol. The zero-order valence-electron chi connectivity index (χ0n) is 12.7. The molecular weight excluding hydrogens is 284 g/mol. The molecule has 0 aliphatic heterocycles. The molecule has 0 bridgehead atoms. The largest absolute Gasteiger partial charge is 0.383 e. The van der Waals surface area contributed by atoms with Crippen LogP contribution in [0.2, 0.25) is 0 Å². The van der Waals surface area contributed by atoms with Gasteiger partial charge in [-0.25, -0.2) is 0 Å². The Labute approximate surface area is 128 Å². The first-order valence-corrected chi connectivity index (χ1v) is 7.42. The molecule has 0 spiro atoms. The van der Waals surface area contributed by atoms with Crippen LogP contribution in [0.1, 0.15) is 53.7 Å². The Bertz CT molecular complexity index is 645. The van der Waals surface area contributed by atoms with Crippen molar-refractivity contribution in [1.29, 1.82) is 0 Å². The topological polar surface area (TPSA) is 97.7 Å². The maximum Gasteiger partial charge on any atom is 0.272 e. The minimum atomic E-state index is -0.257. The molecule has 0 radical (unpaired) electrons. The van der Waals surface area contributed by atoms with E-state index in [1.165, 1.54) is 12.8 Å². The smallest absolute Gasteiger partial charge is 0.272 e. The molecule has 0 aromatic carbocycles. The van der Waals surface area contributed by atoms with E-state index in [1.54, 1.807) is 13.4 Å². The van der Waals surface area contributed by atoms with Gasteiger partial charge in [0, 0.05) is 25.3 Å². The summed E-state index contributed by atoms with van der Waals surface area (Å²) in [5.74, 6) is 1.03. The summed E-state index contributed by atoms with van der Waals surface area (Å²) < 4.78 is 6.92. The lowest BCUT2D eigenvalue weighted by Gasteiger charge is -2.13. The number of methoxy groups -OCH3 is 1. The zero-order valence-corrected chi connectivity index (χ0v) is 12.7. The van der Waals surface area contributed by atoms with E-state index >= 15 is 0 Å². The third kappa shape index (κ3) is 3.16. The maximum atomic E-state index is 12.3. The number of hydrogen-bond donors (Lipinski definition) is 2. The lowest BCUT2D eigenvalue weighted by molar-refractivity contribution is 0.0932. The first-order chi connectivity index (χ1) is 10.7. The van der Waals surface area contributed by atoms with E-state index < -0.39 is 0 Å². The van der Waals surface area contributed by atoms with Crippen LogP contribution in [0.25, 0.3) is 0 Å². The van der Waals surface area contributed by atoms with Crippen molar-refractivity contribution in [3.05, 3.63) is 29.6 Å². The van der Waals surface area contributed by atoms with E-state index in [4.69, 9.17) is 4.74 Å². The van der Waals surface area contributed by atoms with Crippen molar-refractivity contribution in [3.8, 4) is 0 Å². The molecule has 1 fully saturated rings. The SMILES string of the molecule is COCCn1cnnc1C(C)NC(=O)c1cc(C2CC2)[nH]n1. The van der Waals surface area contributed by atoms with E-state index in [0.717, 1.165) is 5.69 Å². The summed E-state index contributed by atoms with van der Waals surface area (Å²) >= 11 is 0. The van der Waals surface area contributed by atoms with Gasteiger partial charge in [0.05, 0.1) is 12.6 Å². The number of hydrogen-bond acceptors (Lipinski definition) is 5. The van der Waals surface area contributed by atoms with Crippen molar-refractivity contribution in [2.75, 3.05) is 13.7 Å². The van der Waals surface area contributed by atoms with Gasteiger partial charge in [-0.1, -0.05) is 0 Å². The van der Waals surface area contributed by atoms with Crippen LogP contribution < -0.4 is 5.32 Å². The molecule has 2 aromatic rings. The van der Waals surface area contributed by atoms with Gasteiger partial charge in [-0.2, -0.15) is 5.10 Å². The fourth-order valence-corrected chi connectivity index (χ4v) is 2.35. The van der Waals surface area contributed by atoms with Crippen LogP contribution in [0.15, 0.2) is 12.4 Å². The summed E-state index contributed by atoms with van der Waals surface area (Å²) in [6, 6.07) is 1.57. The van der Waals surface area contributed by atoms with Gasteiger partial charge in [-0.15, -0.1) is 10.2 Å². The molecule has 8 nitrogen and oxygen atoms in total. The number of nitrogens with one attached hydrogen (secondary N) is 2. The third-order valence-corrected chi connectivity index (χ3v) is 3.76. The minimum Gasteiger partial charge on any atom is -0.383 e. The van der Waals surface area contributed by atoms with E-state index in [1.807, 2.05) is 17.6 Å². The van der Waals surface area contributed by atoms with Gasteiger partial charge in [0.1, 0.15) is 12.0 Å². The van der Waals surface area contributed by atoms with Gasteiger partial charge in [0.2, 0.25) is 0 Å². The number of rotatable bonds is 7. The van der Waals surface area contributed by atoms with Gasteiger partial charge < -0.3 is 14.6 Å². The Morgan fingerprint density at radius 2 is 2.41 bits per heavy atom. The van der Waals surface area contributed by atoms with E-state index in [2.05, 4.69) is 25.7 Å². The minimum absolute atomic E-state index is 0.211. The number of carbonyl (C=O) groups excluding carboxylic acids is 1. The molecule has 1 amide bonds. The highest BCUT2D eigenvalue weighted by Crippen LogP contribution is 2.38. The second kappa shape index (κ2) is 6.27. The van der Waals surface area contributed by atoms with Gasteiger partial charge >= 0.3 is 0 Å². The van der Waals surface area contributed by atoms with Crippen LogP contribution in [-0.2, 0) is 11.3 Å². The lowest BCUT2D eigenvalue weighted by Crippen LogP contribution is -2.29. The molecule has 1 unspecified atom stereocenters. The van der Waals surface area contributed by atoms with Crippen LogP contribution >= 0.6 is 0 Å². The van der Waals surface area contributed by atoms with E-state index in [-0.39, 0.29) is 11.9 Å². The Morgan fingerprint density at radius 3 is 3.14 bits per heavy atom. The molecule has 1 atom stereocenters. The molecule has 1 aliphatic rings. The average molecular weight is 304 g/mol. The lowest BCUT2D eigenvalue weighted by atomic mass is 10.2. The van der Waals surface area contributed by atoms with Crippen molar-refractivity contribution in [2.24, 2.45) is 0 Å². The first-order valence-electron chi connectivity index (χ1n) is 7.42. The van der Waals surface area contributed by atoms with Gasteiger partial charge in [0.15, 0.2) is 5.82 Å². The zero-order chi connectivity index (χ0) is 15.5. The first kappa shape index (κ1) is 14.7. The number of nitrogens with zero attached hydrogens (tertiary/aromatic N) is 4. The Kier molecular flexibility index (Phi) is 4.19. The third-order valence-electron chi connectivity index (χ3n) is 3.76. The molecule has 2 heterocycles. The highest BCUT2D eigenvalue weighted by Gasteiger charge is 2.27. The molecule has 1 aliphatic carbocycles. The van der Waals surface area contributed by atoms with Crippen molar-refractivity contribution < 1.29 is 9.53 Å². The van der Waals surface area contributed by atoms with Crippen LogP contribution in [0, 0.1) is 0 Å². The Balaban J connectivity index is 1.63. The highest BCUT2D eigenvalue weighted by atomic mass is 16.5. The van der Waals surface area contributed by atoms with E-state index in [9.17, 15) is 4.79 Å². The quantitative estimate of drug-likeness (QED) is 0.795. The number of amides is 1. The Morgan fingerprint density at radius 1 is 1.59 bits per heavy atom. The predicted octanol–water partition coefficient (Wildman–Crippen LogP) is 1.02. The van der Waals surface area contributed by atoms with Crippen molar-refractivity contribution >= 4 is 5.91 Å². The molecule has 118 valence electrons. The summed E-state index contributed by atoms with van der Waals surface area (Å²) in [4.78, 5) is 12.3. The fraction of sp³-hybridized carbons (Fsp3) is 0.571. The predicted molar refractivity (Wildman–Crippen MR) is 78.3 cm³/mol. The van der Waals surface area contributed by atoms with Gasteiger partial charge in [-0.3, -0.25) is 9.89 Å². The van der Waals surface area contributed by atoms with E-state index in [0.29, 0.717) is 30.6 Å². The molecule has 22 heavy (non-hydrogen) atoms. The van der Waals surface area contributed by atoms with Crippen molar-refractivity contribution in [2.45, 2.75) is 38.3 Å². The second-order valence-corrected chi connectivity index (χ2v) is 5.55. The van der Waals surface area contributed by atoms with Crippen molar-refractivity contribution in [1.82, 2.24) is 30.3 Å². The second-order valence-electron chi connectivity index (χ2n) is 5.55. The number of carbonyl (C=O) groups is 1. The normalized spacial score (nSPS) is 15.7. The van der Waals surface area contributed by atoms with Crippen molar-refractivity contribution in [3.63, 3.8) is 0 Å². The standard InChI is InChI=1S/C14H20N6O2/c1-9(13-19-15-8-20(13)5-6-22-2)16-14(21)12-7-11(17-18-12)10-3-4-10/h7-10H,3-6H2,1-2H3,(H,16,21)(H,17,18). The number of ether oxygens (including phenoxy) is 1. The van der Waals surface area contributed by atoms with Gasteiger partial charge in [0.25, 0.3) is 5.91 Å². The summed E-state index contributed by atoms with van der Waals surface area (Å²) in [5, 5.41) is 17.9. The molecule has 3 rings (SSSR count). The molecule has 2 N–H and O–H groups in total. The summed E-state index contributed by atoms with van der Waals surface area (Å²) in [6.07, 6.45) is 3.97. The van der Waals surface area contributed by atoms with Crippen LogP contribution in [0.4, 0.5) is 0 Å². The molecule has 1 saturated carbocycles. The summed E-state index contributed by atoms with van der Waals surface area (Å²) in [5.41, 5.74) is 1.46. The number of aromatic amines is 1. The van der Waals surface area contributed by atoms with Crippen LogP contribution in [-0.4, -0.2) is 44.6 Å². The highest BCUT2D eigenvalue weighted by molar-refractivity contribution is 5.92. The van der Waals surface area contributed by atoms with Gasteiger partial charge in [-0.05, 0) is 25.8 Å². The van der Waals surface area contributed by atoms with Crippen LogP contribution in [0.5, 0.6) is 0 Å². The molecule has 0 saturated heterocycles. The van der Waals surface area contributed by atoms with Crippen LogP contribution in [0.3, 0.4) is 0 Å². The molecule has 2 aromatic heterocycles. The molecule has 8 heteroatoms. The summed E-state index contributed by atoms with van der Waals surface area (Å²) in [7, 11) is 1.64. The number of aromatic nitrogens is 5. The molecular formula is C14H20N6O2. The Hall–Kier alpha value is -2.22. The maximum absolute atomic E-state index is 12.3.